The van der Waals surface area contributed by atoms with Gasteiger partial charge in [0.15, 0.2) is 0 Å². The van der Waals surface area contributed by atoms with Crippen molar-refractivity contribution in [2.24, 2.45) is 0 Å². The molecule has 4 spiro atoms. The maximum Gasteiger partial charge on any atom is 0.500 e. The smallest absolute Gasteiger partial charge is 0.427 e. The number of benzene rings is 4. The lowest BCUT2D eigenvalue weighted by molar-refractivity contribution is -0.187. The van der Waals surface area contributed by atoms with Crippen LogP contribution in [0.15, 0.2) is 98.4 Å². The molecule has 2 aromatic heterocycles. The van der Waals surface area contributed by atoms with Crippen molar-refractivity contribution in [1.29, 1.82) is 0 Å². The molecule has 6 aromatic rings. The standard InChI is InChI=1S/C30H27F4N3O5.C25H21BrF4N2O4.C11H18BNO3.2CH4/c1-16-25(17(2)42-35-16)20-6-9-22-23(12-20)28(10-11-28)15-29(22)26(39)37(27(40)41-29)14-24(38)36(18(3)30(32,33)34)13-19-4-7-21(31)8-5-19;1-14(25(28,29)30)31(11-15-2-5-17(27)6-3-15)20(33)12-32-21(34)24(36-22(32)35)13-23(8-9-23)19-10-16(26)4-7-18(19)24;1-7-9(8(2)14-13-7)12-15-10(3,4)11(5,6)16-12;;/h4-9,12,18H,10-11,13-15H2,1-3H3;2-7,10,14H,8-9,11-13H2,1H3;1-6H3;2*1H4/t18-,29?;14-,24?;;;/m00.../s1. The Morgan fingerprint density at radius 3 is 1.35 bits per heavy atom. The van der Waals surface area contributed by atoms with Crippen molar-refractivity contribution in [1.82, 2.24) is 29.9 Å². The van der Waals surface area contributed by atoms with Crippen molar-refractivity contribution in [3.63, 3.8) is 0 Å². The maximum atomic E-state index is 13.9. The van der Waals surface area contributed by atoms with Crippen molar-refractivity contribution in [3.8, 4) is 11.1 Å². The summed E-state index contributed by atoms with van der Waals surface area (Å²) in [5.41, 5.74) is 2.85. The number of carbonyl (C=O) groups excluding carboxylic acids is 6. The number of aromatic nitrogens is 2. The molecule has 6 amide bonds. The third-order valence-electron chi connectivity index (χ3n) is 19.6. The molecule has 28 heteroatoms. The van der Waals surface area contributed by atoms with Crippen LogP contribution >= 0.6 is 15.9 Å². The lowest BCUT2D eigenvalue weighted by atomic mass is 9.77. The van der Waals surface area contributed by atoms with E-state index >= 15 is 0 Å². The first-order chi connectivity index (χ1) is 43.9. The fourth-order valence-corrected chi connectivity index (χ4v) is 13.6. The molecule has 5 fully saturated rings. The van der Waals surface area contributed by atoms with E-state index in [0.717, 1.165) is 107 Å². The highest BCUT2D eigenvalue weighted by Gasteiger charge is 2.70. The first kappa shape index (κ1) is 72.3. The van der Waals surface area contributed by atoms with E-state index in [1.165, 1.54) is 24.3 Å². The number of ether oxygens (including phenoxy) is 2. The first-order valence-corrected chi connectivity index (χ1v) is 31.1. The van der Waals surface area contributed by atoms with E-state index in [9.17, 15) is 63.9 Å². The van der Waals surface area contributed by atoms with Gasteiger partial charge in [0.1, 0.15) is 48.3 Å². The summed E-state index contributed by atoms with van der Waals surface area (Å²) >= 11 is 3.42. The van der Waals surface area contributed by atoms with Crippen LogP contribution in [-0.4, -0.2) is 122 Å². The zero-order valence-electron chi connectivity index (χ0n) is 52.9. The third-order valence-corrected chi connectivity index (χ3v) is 20.1. The molecule has 18 nitrogen and oxygen atoms in total. The number of carbonyl (C=O) groups is 6. The summed E-state index contributed by atoms with van der Waals surface area (Å²) in [6.07, 6.45) is -8.11. The van der Waals surface area contributed by atoms with Crippen LogP contribution in [0.25, 0.3) is 11.1 Å². The van der Waals surface area contributed by atoms with Crippen molar-refractivity contribution in [2.75, 3.05) is 13.1 Å². The second-order valence-corrected chi connectivity index (χ2v) is 27.2. The van der Waals surface area contributed by atoms with Gasteiger partial charge < -0.3 is 37.6 Å². The molecule has 2 unspecified atom stereocenters. The Balaban J connectivity index is 0.000000182. The summed E-state index contributed by atoms with van der Waals surface area (Å²) < 4.78 is 143. The van der Waals surface area contributed by atoms with Gasteiger partial charge in [0.05, 0.1) is 22.6 Å². The summed E-state index contributed by atoms with van der Waals surface area (Å²) in [5, 5.41) is 7.93. The molecular weight excluding hydrogens is 1340 g/mol. The van der Waals surface area contributed by atoms with Gasteiger partial charge in [-0.3, -0.25) is 19.2 Å². The van der Waals surface area contributed by atoms with Gasteiger partial charge in [-0.15, -0.1) is 0 Å². The fourth-order valence-electron chi connectivity index (χ4n) is 13.2. The topological polar surface area (TPSA) is 204 Å². The summed E-state index contributed by atoms with van der Waals surface area (Å²) in [7, 11) is -0.378. The van der Waals surface area contributed by atoms with Gasteiger partial charge in [-0.25, -0.2) is 28.2 Å². The Kier molecular flexibility index (Phi) is 19.2. The Bertz CT molecular complexity index is 3980. The quantitative estimate of drug-likeness (QED) is 0.0826. The molecule has 5 heterocycles. The van der Waals surface area contributed by atoms with Gasteiger partial charge in [-0.2, -0.15) is 26.3 Å². The van der Waals surface area contributed by atoms with Gasteiger partial charge in [0.2, 0.25) is 23.0 Å². The second kappa shape index (κ2) is 25.5. The Hall–Kier alpha value is -7.98. The molecule has 2 saturated carbocycles. The minimum Gasteiger partial charge on any atom is -0.427 e. The molecule has 3 saturated heterocycles. The van der Waals surface area contributed by atoms with Crippen molar-refractivity contribution in [2.45, 2.75) is 193 Å². The SMILES string of the molecule is C.C.C[C@H](N(Cc1ccc(F)cc1)C(=O)CN1C(=O)OC2(CC3(CC3)c3cc(Br)ccc32)C1=O)C(F)(F)F.Cc1noc(C)c1-c1ccc2c(c1)C1(CC1)CC21OC(=O)N(CC(=O)N(Cc2ccc(F)cc2)[C@@H](C)C(F)(F)F)C1=O.Cc1noc(C)c1B1OC(C)(C)C(C)(C)O1. The Morgan fingerprint density at radius 1 is 0.583 bits per heavy atom. The van der Waals surface area contributed by atoms with Gasteiger partial charge >= 0.3 is 31.7 Å². The van der Waals surface area contributed by atoms with Crippen molar-refractivity contribution >= 4 is 64.3 Å². The lowest BCUT2D eigenvalue weighted by Crippen LogP contribution is -2.51. The monoisotopic (exact) mass is 1410 g/mol. The maximum absolute atomic E-state index is 13.9. The van der Waals surface area contributed by atoms with E-state index in [-0.39, 0.29) is 68.0 Å². The Labute approximate surface area is 558 Å². The largest absolute Gasteiger partial charge is 0.500 e. The van der Waals surface area contributed by atoms with Crippen LogP contribution < -0.4 is 5.46 Å². The van der Waals surface area contributed by atoms with Crippen molar-refractivity contribution in [3.05, 3.63) is 157 Å². The molecule has 3 aliphatic heterocycles. The van der Waals surface area contributed by atoms with Crippen LogP contribution in [0.3, 0.4) is 0 Å². The van der Waals surface area contributed by atoms with E-state index < -0.39 is 109 Å². The van der Waals surface area contributed by atoms with Crippen molar-refractivity contribution < 1.29 is 91.7 Å². The number of amides is 6. The second-order valence-electron chi connectivity index (χ2n) is 26.3. The van der Waals surface area contributed by atoms with Gasteiger partial charge in [-0.05, 0) is 165 Å². The number of imide groups is 2. The molecule has 0 bridgehead atoms. The van der Waals surface area contributed by atoms with E-state index in [1.54, 1.807) is 31.2 Å². The van der Waals surface area contributed by atoms with Crippen LogP contribution in [0.5, 0.6) is 0 Å². The van der Waals surface area contributed by atoms with Crippen LogP contribution in [-0.2, 0) is 73.1 Å². The minimum atomic E-state index is -4.78. The average Bonchev–Trinajstić information content (AvgIpc) is 1.53. The molecule has 0 radical (unpaired) electrons. The summed E-state index contributed by atoms with van der Waals surface area (Å²) in [4.78, 5) is 82.0. The van der Waals surface area contributed by atoms with Crippen LogP contribution in [0, 0.1) is 39.3 Å². The van der Waals surface area contributed by atoms with Crippen LogP contribution in [0.1, 0.15) is 151 Å². The average molecular weight is 1410 g/mol. The summed E-state index contributed by atoms with van der Waals surface area (Å²) in [6, 6.07) is 15.7. The zero-order chi connectivity index (χ0) is 68.4. The predicted molar refractivity (Wildman–Crippen MR) is 336 cm³/mol. The highest BCUT2D eigenvalue weighted by molar-refractivity contribution is 9.10. The predicted octanol–water partition coefficient (Wildman–Crippen LogP) is 13.7. The zero-order valence-corrected chi connectivity index (χ0v) is 54.5. The molecule has 0 N–H and O–H groups in total. The molecule has 96 heavy (non-hydrogen) atoms. The van der Waals surface area contributed by atoms with E-state index in [2.05, 4.69) is 26.2 Å². The molecule has 13 rings (SSSR count). The van der Waals surface area contributed by atoms with E-state index in [4.69, 9.17) is 27.8 Å². The van der Waals surface area contributed by atoms with Gasteiger partial charge in [0, 0.05) is 63.4 Å². The highest BCUT2D eigenvalue weighted by Crippen LogP contribution is 2.66. The number of rotatable bonds is 12. The number of hydrogen-bond donors (Lipinski definition) is 0. The number of aryl methyl sites for hydroxylation is 4. The number of halogens is 9. The van der Waals surface area contributed by atoms with Crippen LogP contribution in [0.2, 0.25) is 0 Å². The Morgan fingerprint density at radius 2 is 0.979 bits per heavy atom. The third kappa shape index (κ3) is 13.0. The number of hydrogen-bond acceptors (Lipinski definition) is 14. The molecule has 4 atom stereocenters. The molecule has 7 aliphatic rings. The first-order valence-electron chi connectivity index (χ1n) is 30.3. The van der Waals surface area contributed by atoms with E-state index in [0.29, 0.717) is 42.2 Å². The molecule has 4 aromatic carbocycles. The fraction of sp³-hybridized carbons (Fsp3) is 0.471. The molecular formula is C68H74BBrF8N6O12. The van der Waals surface area contributed by atoms with Gasteiger partial charge in [0.25, 0.3) is 11.8 Å². The molecule has 514 valence electrons. The minimum absolute atomic E-state index is 0. The highest BCUT2D eigenvalue weighted by atomic mass is 79.9. The summed E-state index contributed by atoms with van der Waals surface area (Å²) in [6.45, 7) is 14.3. The van der Waals surface area contributed by atoms with Crippen LogP contribution in [0.4, 0.5) is 44.7 Å². The van der Waals surface area contributed by atoms with E-state index in [1.807, 2.05) is 60.6 Å². The van der Waals surface area contributed by atoms with Gasteiger partial charge in [-0.1, -0.05) is 83.6 Å². The molecule has 4 aliphatic carbocycles. The number of fused-ring (bicyclic) bond motifs is 6. The normalized spacial score (nSPS) is 21.6. The lowest BCUT2D eigenvalue weighted by Gasteiger charge is -2.32. The summed E-state index contributed by atoms with van der Waals surface area (Å²) in [5.74, 6) is -3.48. The number of alkyl halides is 6. The number of nitrogens with zero attached hydrogens (tertiary/aromatic N) is 6.